The predicted octanol–water partition coefficient (Wildman–Crippen LogP) is 6.01. The zero-order chi connectivity index (χ0) is 32.6. The van der Waals surface area contributed by atoms with Gasteiger partial charge in [0.2, 0.25) is 0 Å². The van der Waals surface area contributed by atoms with Crippen molar-refractivity contribution in [3.63, 3.8) is 0 Å². The highest BCUT2D eigenvalue weighted by Gasteiger charge is 2.23. The fourth-order valence-electron chi connectivity index (χ4n) is 5.30. The highest BCUT2D eigenvalue weighted by molar-refractivity contribution is 6.35. The number of pyridine rings is 1. The molecule has 2 N–H and O–H groups in total. The Hall–Kier alpha value is -4.17. The average Bonchev–Trinajstić information content (AvgIpc) is 3.47. The van der Waals surface area contributed by atoms with Crippen molar-refractivity contribution in [3.8, 4) is 34.4 Å². The molecule has 1 unspecified atom stereocenters. The van der Waals surface area contributed by atoms with Crippen LogP contribution in [-0.2, 0) is 13.2 Å². The van der Waals surface area contributed by atoms with Crippen molar-refractivity contribution < 1.29 is 29.2 Å². The lowest BCUT2D eigenvalue weighted by Gasteiger charge is -2.20. The Morgan fingerprint density at radius 1 is 1.04 bits per heavy atom. The van der Waals surface area contributed by atoms with Gasteiger partial charge in [-0.3, -0.25) is 14.7 Å². The Balaban J connectivity index is 1.28. The van der Waals surface area contributed by atoms with Crippen LogP contribution in [0.2, 0.25) is 10.0 Å². The zero-order valence-electron chi connectivity index (χ0n) is 25.2. The Morgan fingerprint density at radius 2 is 1.83 bits per heavy atom. The summed E-state index contributed by atoms with van der Waals surface area (Å²) < 4.78 is 17.9. The summed E-state index contributed by atoms with van der Waals surface area (Å²) in [6.07, 6.45) is 3.34. The minimum atomic E-state index is -0.725. The summed E-state index contributed by atoms with van der Waals surface area (Å²) in [6, 6.07) is 18.1. The summed E-state index contributed by atoms with van der Waals surface area (Å²) in [5, 5.41) is 30.0. The van der Waals surface area contributed by atoms with Gasteiger partial charge in [0, 0.05) is 49.2 Å². The van der Waals surface area contributed by atoms with Crippen LogP contribution in [0.15, 0.2) is 67.0 Å². The van der Waals surface area contributed by atoms with E-state index in [-0.39, 0.29) is 42.3 Å². The summed E-state index contributed by atoms with van der Waals surface area (Å²) in [5.41, 5.74) is 4.84. The van der Waals surface area contributed by atoms with Gasteiger partial charge in [0.25, 0.3) is 0 Å². The van der Waals surface area contributed by atoms with E-state index in [0.717, 1.165) is 28.8 Å². The van der Waals surface area contributed by atoms with Crippen LogP contribution in [-0.4, -0.2) is 64.8 Å². The molecular weight excluding hydrogens is 629 g/mol. The van der Waals surface area contributed by atoms with Crippen LogP contribution in [0.25, 0.3) is 11.1 Å². The largest absolute Gasteiger partial charge is 0.489 e. The maximum atomic E-state index is 11.7. The van der Waals surface area contributed by atoms with Crippen molar-refractivity contribution >= 4 is 29.5 Å². The third-order valence-corrected chi connectivity index (χ3v) is 8.43. The van der Waals surface area contributed by atoms with Crippen molar-refractivity contribution in [2.45, 2.75) is 38.8 Å². The number of carbonyl (C=O) groups is 1. The molecule has 4 aromatic rings. The number of halogens is 2. The van der Waals surface area contributed by atoms with Gasteiger partial charge in [-0.25, -0.2) is 0 Å². The normalized spacial score (nSPS) is 15.3. The number of benzene rings is 3. The smallest absolute Gasteiger partial charge is 0.153 e. The molecule has 9 nitrogen and oxygen atoms in total. The lowest BCUT2D eigenvalue weighted by Crippen LogP contribution is -2.34. The summed E-state index contributed by atoms with van der Waals surface area (Å²) in [5.74, 6) is 1.09. The molecule has 46 heavy (non-hydrogen) atoms. The van der Waals surface area contributed by atoms with Gasteiger partial charge in [-0.1, -0.05) is 53.5 Å². The topological polar surface area (TPSA) is 125 Å². The number of aliphatic hydroxyl groups is 2. The standard InChI is InChI=1S/C35H33Cl2N3O6/c1-22-25(20-45-34-12-33(26(18-41)11-31(34)36)44-19-24-10-23(13-38)14-39-15-24)4-2-5-29(22)30-6-3-7-32(35(30)37)46-21-28(43)17-40-9-8-27(42)16-40/h2-7,10-12,14-15,18,27-28,42-43H,8-9,16-17,19-21H2,1H3/t27-,28?/m1/s1. The molecule has 1 saturated heterocycles. The highest BCUT2D eigenvalue weighted by Crippen LogP contribution is 2.38. The number of hydrogen-bond donors (Lipinski definition) is 2. The highest BCUT2D eigenvalue weighted by atomic mass is 35.5. The number of aldehydes is 1. The number of carbonyl (C=O) groups excluding carboxylic acids is 1. The summed E-state index contributed by atoms with van der Waals surface area (Å²) in [4.78, 5) is 17.8. The number of likely N-dealkylation sites (tertiary alicyclic amines) is 1. The Bertz CT molecular complexity index is 1740. The molecule has 5 rings (SSSR count). The fraction of sp³-hybridized carbons (Fsp3) is 0.286. The molecule has 0 radical (unpaired) electrons. The number of nitriles is 1. The van der Waals surface area contributed by atoms with E-state index in [2.05, 4.69) is 4.98 Å². The van der Waals surface area contributed by atoms with Crippen LogP contribution in [0.4, 0.5) is 0 Å². The maximum absolute atomic E-state index is 11.7. The molecule has 0 amide bonds. The molecule has 1 aliphatic heterocycles. The first kappa shape index (κ1) is 33.2. The summed E-state index contributed by atoms with van der Waals surface area (Å²) in [7, 11) is 0. The van der Waals surface area contributed by atoms with Gasteiger partial charge in [-0.15, -0.1) is 0 Å². The first-order chi connectivity index (χ1) is 22.2. The molecular formula is C35H33Cl2N3O6. The second kappa shape index (κ2) is 15.4. The van der Waals surface area contributed by atoms with Crippen LogP contribution in [0, 0.1) is 18.3 Å². The third kappa shape index (κ3) is 8.15. The molecule has 2 atom stereocenters. The predicted molar refractivity (Wildman–Crippen MR) is 175 cm³/mol. The molecule has 11 heteroatoms. The van der Waals surface area contributed by atoms with Crippen molar-refractivity contribution in [1.82, 2.24) is 9.88 Å². The SMILES string of the molecule is Cc1c(COc2cc(OCc3cncc(C#N)c3)c(C=O)cc2Cl)cccc1-c1cccc(OCC(O)CN2CC[C@@H](O)C2)c1Cl. The molecule has 0 aliphatic carbocycles. The Morgan fingerprint density at radius 3 is 2.59 bits per heavy atom. The monoisotopic (exact) mass is 661 g/mol. The fourth-order valence-corrected chi connectivity index (χ4v) is 5.81. The van der Waals surface area contributed by atoms with Gasteiger partial charge in [0.05, 0.1) is 27.3 Å². The molecule has 1 aromatic heterocycles. The van der Waals surface area contributed by atoms with Crippen LogP contribution < -0.4 is 14.2 Å². The first-order valence-electron chi connectivity index (χ1n) is 14.7. The Labute approximate surface area is 277 Å². The quantitative estimate of drug-likeness (QED) is 0.166. The lowest BCUT2D eigenvalue weighted by molar-refractivity contribution is 0.0708. The van der Waals surface area contributed by atoms with Gasteiger partial charge in [0.1, 0.15) is 49.2 Å². The first-order valence-corrected chi connectivity index (χ1v) is 15.5. The molecule has 0 spiro atoms. The van der Waals surface area contributed by atoms with Crippen molar-refractivity contribution in [3.05, 3.63) is 105 Å². The molecule has 1 aliphatic rings. The number of β-amino-alcohol motifs (C(OH)–C–C–N with tert-alkyl or cyclic N) is 2. The van der Waals surface area contributed by atoms with Crippen molar-refractivity contribution in [2.24, 2.45) is 0 Å². The molecule has 2 heterocycles. The number of nitrogens with zero attached hydrogens (tertiary/aromatic N) is 3. The van der Waals surface area contributed by atoms with E-state index in [0.29, 0.717) is 53.4 Å². The minimum absolute atomic E-state index is 0.0706. The van der Waals surface area contributed by atoms with E-state index >= 15 is 0 Å². The lowest BCUT2D eigenvalue weighted by atomic mass is 9.96. The zero-order valence-corrected chi connectivity index (χ0v) is 26.7. The third-order valence-electron chi connectivity index (χ3n) is 7.74. The van der Waals surface area contributed by atoms with Crippen LogP contribution in [0.3, 0.4) is 0 Å². The van der Waals surface area contributed by atoms with Crippen molar-refractivity contribution in [2.75, 3.05) is 26.2 Å². The average molecular weight is 663 g/mol. The number of hydrogen-bond acceptors (Lipinski definition) is 9. The molecule has 0 saturated carbocycles. The van der Waals surface area contributed by atoms with E-state index in [1.807, 2.05) is 48.2 Å². The number of aromatic nitrogens is 1. The maximum Gasteiger partial charge on any atom is 0.153 e. The van der Waals surface area contributed by atoms with Crippen LogP contribution in [0.1, 0.15) is 39.0 Å². The van der Waals surface area contributed by atoms with Gasteiger partial charge >= 0.3 is 0 Å². The molecule has 238 valence electrons. The molecule has 0 bridgehead atoms. The summed E-state index contributed by atoms with van der Waals surface area (Å²) >= 11 is 13.3. The van der Waals surface area contributed by atoms with Gasteiger partial charge in [0.15, 0.2) is 6.29 Å². The second-order valence-corrected chi connectivity index (χ2v) is 11.9. The molecule has 3 aromatic carbocycles. The number of aliphatic hydroxyl groups excluding tert-OH is 2. The Kier molecular flexibility index (Phi) is 11.1. The number of rotatable bonds is 13. The van der Waals surface area contributed by atoms with Gasteiger partial charge in [-0.05, 0) is 48.2 Å². The van der Waals surface area contributed by atoms with Crippen molar-refractivity contribution in [1.29, 1.82) is 5.26 Å². The van der Waals surface area contributed by atoms with Gasteiger partial charge in [-0.2, -0.15) is 5.26 Å². The van der Waals surface area contributed by atoms with Crippen LogP contribution in [0.5, 0.6) is 17.2 Å². The van der Waals surface area contributed by atoms with Gasteiger partial charge < -0.3 is 24.4 Å². The van der Waals surface area contributed by atoms with E-state index in [1.165, 1.54) is 12.3 Å². The van der Waals surface area contributed by atoms with E-state index in [4.69, 9.17) is 42.7 Å². The van der Waals surface area contributed by atoms with Crippen LogP contribution >= 0.6 is 23.2 Å². The van der Waals surface area contributed by atoms with E-state index in [9.17, 15) is 15.0 Å². The number of ether oxygens (including phenoxy) is 3. The minimum Gasteiger partial charge on any atom is -0.489 e. The van der Waals surface area contributed by atoms with E-state index < -0.39 is 6.10 Å². The summed E-state index contributed by atoms with van der Waals surface area (Å²) in [6.45, 7) is 4.03. The van der Waals surface area contributed by atoms with E-state index in [1.54, 1.807) is 24.4 Å². The second-order valence-electron chi connectivity index (χ2n) is 11.1. The molecule has 1 fully saturated rings.